The molecular formula is C18H20N4O4. The number of hydrogen-bond donors (Lipinski definition) is 2. The average molecular weight is 356 g/mol. The van der Waals surface area contributed by atoms with Crippen molar-refractivity contribution < 1.29 is 19.4 Å². The van der Waals surface area contributed by atoms with E-state index in [0.717, 1.165) is 0 Å². The van der Waals surface area contributed by atoms with Gasteiger partial charge in [-0.15, -0.1) is 0 Å². The second-order valence-corrected chi connectivity index (χ2v) is 5.87. The zero-order valence-electron chi connectivity index (χ0n) is 14.3. The Labute approximate surface area is 150 Å². The Bertz CT molecular complexity index is 767. The van der Waals surface area contributed by atoms with Crippen LogP contribution in [0.2, 0.25) is 0 Å². The Morgan fingerprint density at radius 3 is 2.81 bits per heavy atom. The minimum absolute atomic E-state index is 0.0460. The first-order valence-electron chi connectivity index (χ1n) is 8.32. The first kappa shape index (κ1) is 18.0. The lowest BCUT2D eigenvalue weighted by Gasteiger charge is -2.37. The number of aromatic nitrogens is 2. The van der Waals surface area contributed by atoms with Gasteiger partial charge in [0.15, 0.2) is 0 Å². The maximum Gasteiger partial charge on any atom is 0.275 e. The maximum atomic E-state index is 12.1. The predicted octanol–water partition coefficient (Wildman–Crippen LogP) is 1.01. The summed E-state index contributed by atoms with van der Waals surface area (Å²) in [6, 6.07) is 6.37. The lowest BCUT2D eigenvalue weighted by atomic mass is 10.00. The van der Waals surface area contributed by atoms with E-state index in [1.165, 1.54) is 18.6 Å². The number of carbonyl (C=O) groups is 2. The molecule has 2 aromatic rings. The summed E-state index contributed by atoms with van der Waals surface area (Å²) >= 11 is 0. The van der Waals surface area contributed by atoms with Gasteiger partial charge in [0.1, 0.15) is 18.4 Å². The quantitative estimate of drug-likeness (QED) is 0.828. The minimum atomic E-state index is -0.871. The molecular weight excluding hydrogens is 336 g/mol. The summed E-state index contributed by atoms with van der Waals surface area (Å²) in [4.78, 5) is 33.4. The SMILES string of the molecule is CCN1C(=O)COCC1C(O)c1ccc(NC(=O)c2cnccn2)cc1. The van der Waals surface area contributed by atoms with Gasteiger partial charge in [-0.3, -0.25) is 14.6 Å². The van der Waals surface area contributed by atoms with Crippen LogP contribution in [0.15, 0.2) is 42.9 Å². The zero-order chi connectivity index (χ0) is 18.5. The van der Waals surface area contributed by atoms with Crippen LogP contribution in [-0.4, -0.2) is 57.6 Å². The Kier molecular flexibility index (Phi) is 5.55. The maximum absolute atomic E-state index is 12.1. The molecule has 1 saturated heterocycles. The number of hydrogen-bond acceptors (Lipinski definition) is 6. The number of rotatable bonds is 5. The first-order chi connectivity index (χ1) is 12.6. The van der Waals surface area contributed by atoms with Gasteiger partial charge in [-0.2, -0.15) is 0 Å². The third-order valence-electron chi connectivity index (χ3n) is 4.25. The van der Waals surface area contributed by atoms with Crippen molar-refractivity contribution in [1.29, 1.82) is 0 Å². The van der Waals surface area contributed by atoms with Crippen LogP contribution in [0.25, 0.3) is 0 Å². The van der Waals surface area contributed by atoms with Gasteiger partial charge in [-0.05, 0) is 24.6 Å². The summed E-state index contributed by atoms with van der Waals surface area (Å²) in [5.74, 6) is -0.495. The molecule has 1 aliphatic heterocycles. The fourth-order valence-electron chi connectivity index (χ4n) is 2.89. The molecule has 0 spiro atoms. The second kappa shape index (κ2) is 8.03. The van der Waals surface area contributed by atoms with Crippen LogP contribution in [0.3, 0.4) is 0 Å². The molecule has 2 unspecified atom stereocenters. The Balaban J connectivity index is 1.69. The van der Waals surface area contributed by atoms with E-state index in [-0.39, 0.29) is 30.7 Å². The molecule has 8 nitrogen and oxygen atoms in total. The lowest BCUT2D eigenvalue weighted by Crippen LogP contribution is -2.51. The van der Waals surface area contributed by atoms with Crippen LogP contribution < -0.4 is 5.32 Å². The van der Waals surface area contributed by atoms with Crippen LogP contribution >= 0.6 is 0 Å². The fourth-order valence-corrected chi connectivity index (χ4v) is 2.89. The van der Waals surface area contributed by atoms with Gasteiger partial charge < -0.3 is 20.1 Å². The number of morpholine rings is 1. The monoisotopic (exact) mass is 356 g/mol. The molecule has 2 N–H and O–H groups in total. The highest BCUT2D eigenvalue weighted by atomic mass is 16.5. The average Bonchev–Trinajstić information content (AvgIpc) is 2.68. The van der Waals surface area contributed by atoms with E-state index < -0.39 is 12.1 Å². The first-order valence-corrected chi connectivity index (χ1v) is 8.32. The van der Waals surface area contributed by atoms with E-state index in [2.05, 4.69) is 15.3 Å². The van der Waals surface area contributed by atoms with Crippen LogP contribution in [0.5, 0.6) is 0 Å². The van der Waals surface area contributed by atoms with E-state index >= 15 is 0 Å². The molecule has 26 heavy (non-hydrogen) atoms. The Hall–Kier alpha value is -2.84. The minimum Gasteiger partial charge on any atom is -0.386 e. The highest BCUT2D eigenvalue weighted by Crippen LogP contribution is 2.25. The van der Waals surface area contributed by atoms with Gasteiger partial charge in [-0.25, -0.2) is 4.98 Å². The topological polar surface area (TPSA) is 105 Å². The summed E-state index contributed by atoms with van der Waals surface area (Å²) in [5, 5.41) is 13.4. The summed E-state index contributed by atoms with van der Waals surface area (Å²) in [6.07, 6.45) is 3.45. The molecule has 0 radical (unpaired) electrons. The van der Waals surface area contributed by atoms with Crippen LogP contribution in [-0.2, 0) is 9.53 Å². The number of aliphatic hydroxyl groups excluding tert-OH is 1. The molecule has 0 aliphatic carbocycles. The molecule has 136 valence electrons. The number of aliphatic hydroxyl groups is 1. The molecule has 2 amide bonds. The number of nitrogens with one attached hydrogen (secondary N) is 1. The normalized spacial score (nSPS) is 18.5. The van der Waals surface area contributed by atoms with Gasteiger partial charge in [0.25, 0.3) is 5.91 Å². The van der Waals surface area contributed by atoms with Crippen LogP contribution in [0.4, 0.5) is 5.69 Å². The summed E-state index contributed by atoms with van der Waals surface area (Å²) < 4.78 is 5.27. The molecule has 2 atom stereocenters. The van der Waals surface area contributed by atoms with E-state index in [1.807, 2.05) is 6.92 Å². The largest absolute Gasteiger partial charge is 0.386 e. The molecule has 8 heteroatoms. The van der Waals surface area contributed by atoms with Crippen molar-refractivity contribution in [3.05, 3.63) is 54.1 Å². The number of ether oxygens (including phenoxy) is 1. The van der Waals surface area contributed by atoms with E-state index in [0.29, 0.717) is 17.8 Å². The van der Waals surface area contributed by atoms with Gasteiger partial charge in [0.05, 0.1) is 18.8 Å². The van der Waals surface area contributed by atoms with Gasteiger partial charge in [0.2, 0.25) is 5.91 Å². The third kappa shape index (κ3) is 3.87. The number of carbonyl (C=O) groups excluding carboxylic acids is 2. The second-order valence-electron chi connectivity index (χ2n) is 5.87. The van der Waals surface area contributed by atoms with Crippen LogP contribution in [0, 0.1) is 0 Å². The third-order valence-corrected chi connectivity index (χ3v) is 4.25. The van der Waals surface area contributed by atoms with Crippen molar-refractivity contribution >= 4 is 17.5 Å². The van der Waals surface area contributed by atoms with Crippen LogP contribution in [0.1, 0.15) is 29.1 Å². The van der Waals surface area contributed by atoms with Crippen molar-refractivity contribution in [1.82, 2.24) is 14.9 Å². The number of benzene rings is 1. The van der Waals surface area contributed by atoms with Crippen molar-refractivity contribution in [2.75, 3.05) is 25.1 Å². The lowest BCUT2D eigenvalue weighted by molar-refractivity contribution is -0.153. The number of likely N-dealkylation sites (N-methyl/N-ethyl adjacent to an activating group) is 1. The number of anilines is 1. The number of amides is 2. The van der Waals surface area contributed by atoms with Crippen molar-refractivity contribution in [2.45, 2.75) is 19.1 Å². The standard InChI is InChI=1S/C18H20N4O4/c1-2-22-15(10-26-11-16(22)23)17(24)12-3-5-13(6-4-12)21-18(25)14-9-19-7-8-20-14/h3-9,15,17,24H,2,10-11H2,1H3,(H,21,25). The summed E-state index contributed by atoms with van der Waals surface area (Å²) in [6.45, 7) is 2.71. The molecule has 0 bridgehead atoms. The van der Waals surface area contributed by atoms with E-state index in [1.54, 1.807) is 29.2 Å². The predicted molar refractivity (Wildman–Crippen MR) is 93.4 cm³/mol. The molecule has 3 rings (SSSR count). The van der Waals surface area contributed by atoms with Gasteiger partial charge in [0, 0.05) is 24.6 Å². The van der Waals surface area contributed by atoms with Gasteiger partial charge >= 0.3 is 0 Å². The molecule has 0 saturated carbocycles. The molecule has 1 aromatic carbocycles. The molecule has 1 fully saturated rings. The summed E-state index contributed by atoms with van der Waals surface area (Å²) in [5.41, 5.74) is 1.43. The summed E-state index contributed by atoms with van der Waals surface area (Å²) in [7, 11) is 0. The Morgan fingerprint density at radius 2 is 2.15 bits per heavy atom. The van der Waals surface area contributed by atoms with Crippen molar-refractivity contribution in [3.8, 4) is 0 Å². The zero-order valence-corrected chi connectivity index (χ0v) is 14.3. The van der Waals surface area contributed by atoms with E-state index in [4.69, 9.17) is 4.74 Å². The fraction of sp³-hybridized carbons (Fsp3) is 0.333. The molecule has 2 heterocycles. The van der Waals surface area contributed by atoms with E-state index in [9.17, 15) is 14.7 Å². The highest BCUT2D eigenvalue weighted by molar-refractivity contribution is 6.02. The number of nitrogens with zero attached hydrogens (tertiary/aromatic N) is 3. The van der Waals surface area contributed by atoms with Crippen molar-refractivity contribution in [3.63, 3.8) is 0 Å². The van der Waals surface area contributed by atoms with Crippen molar-refractivity contribution in [2.24, 2.45) is 0 Å². The Morgan fingerprint density at radius 1 is 1.38 bits per heavy atom. The van der Waals surface area contributed by atoms with Gasteiger partial charge in [-0.1, -0.05) is 12.1 Å². The highest BCUT2D eigenvalue weighted by Gasteiger charge is 2.33. The smallest absolute Gasteiger partial charge is 0.275 e. The molecule has 1 aromatic heterocycles. The molecule has 1 aliphatic rings.